The van der Waals surface area contributed by atoms with Gasteiger partial charge in [0.1, 0.15) is 0 Å². The number of carboxylic acid groups (broad SMARTS) is 1. The number of piperidine rings is 1. The number of hydrogen-bond donors (Lipinski definition) is 1. The monoisotopic (exact) mass is 270 g/mol. The Balaban J connectivity index is 2.38. The van der Waals surface area contributed by atoms with Crippen molar-refractivity contribution in [1.82, 2.24) is 9.80 Å². The van der Waals surface area contributed by atoms with Crippen LogP contribution in [0.3, 0.4) is 0 Å². The van der Waals surface area contributed by atoms with E-state index < -0.39 is 5.97 Å². The van der Waals surface area contributed by atoms with E-state index in [1.807, 2.05) is 4.90 Å². The second-order valence-electron chi connectivity index (χ2n) is 5.27. The van der Waals surface area contributed by atoms with Gasteiger partial charge in [-0.05, 0) is 38.8 Å². The van der Waals surface area contributed by atoms with Gasteiger partial charge in [0, 0.05) is 13.1 Å². The molecule has 1 fully saturated rings. The highest BCUT2D eigenvalue weighted by Crippen LogP contribution is 2.17. The van der Waals surface area contributed by atoms with Gasteiger partial charge < -0.3 is 10.0 Å². The van der Waals surface area contributed by atoms with Crippen LogP contribution < -0.4 is 0 Å². The van der Waals surface area contributed by atoms with Crippen LogP contribution in [-0.2, 0) is 9.59 Å². The molecule has 0 radical (unpaired) electrons. The van der Waals surface area contributed by atoms with Crippen LogP contribution in [0.25, 0.3) is 0 Å². The fraction of sp³-hybridized carbons (Fsp3) is 0.857. The lowest BCUT2D eigenvalue weighted by Crippen LogP contribution is -2.44. The number of hydrogen-bond acceptors (Lipinski definition) is 3. The molecule has 0 bridgehead atoms. The zero-order valence-electron chi connectivity index (χ0n) is 12.1. The highest BCUT2D eigenvalue weighted by molar-refractivity contribution is 5.78. The molecule has 19 heavy (non-hydrogen) atoms. The van der Waals surface area contributed by atoms with Crippen molar-refractivity contribution in [3.63, 3.8) is 0 Å². The Hall–Kier alpha value is -1.10. The van der Waals surface area contributed by atoms with Gasteiger partial charge in [-0.1, -0.05) is 13.8 Å². The summed E-state index contributed by atoms with van der Waals surface area (Å²) in [4.78, 5) is 27.0. The van der Waals surface area contributed by atoms with Gasteiger partial charge in [0.05, 0.1) is 12.5 Å². The van der Waals surface area contributed by atoms with E-state index in [0.717, 1.165) is 39.0 Å². The molecule has 1 heterocycles. The molecule has 110 valence electrons. The quantitative estimate of drug-likeness (QED) is 0.760. The van der Waals surface area contributed by atoms with Crippen LogP contribution in [0.5, 0.6) is 0 Å². The Labute approximate surface area is 115 Å². The minimum absolute atomic E-state index is 0.178. The zero-order valence-corrected chi connectivity index (χ0v) is 12.1. The Morgan fingerprint density at radius 2 is 1.68 bits per heavy atom. The number of carbonyl (C=O) groups excluding carboxylic acids is 1. The summed E-state index contributed by atoms with van der Waals surface area (Å²) in [6.45, 7) is 7.66. The fourth-order valence-electron chi connectivity index (χ4n) is 2.53. The fourth-order valence-corrected chi connectivity index (χ4v) is 2.53. The van der Waals surface area contributed by atoms with Crippen LogP contribution in [-0.4, -0.2) is 59.5 Å². The molecule has 1 N–H and O–H groups in total. The summed E-state index contributed by atoms with van der Waals surface area (Å²) in [7, 11) is 0. The highest BCUT2D eigenvalue weighted by atomic mass is 16.4. The molecule has 5 nitrogen and oxygen atoms in total. The van der Waals surface area contributed by atoms with E-state index in [9.17, 15) is 9.59 Å². The van der Waals surface area contributed by atoms with Gasteiger partial charge >= 0.3 is 5.97 Å². The molecule has 0 aliphatic carbocycles. The van der Waals surface area contributed by atoms with E-state index in [-0.39, 0.29) is 11.8 Å². The van der Waals surface area contributed by atoms with Crippen LogP contribution in [0.1, 0.15) is 39.5 Å². The average Bonchev–Trinajstić information content (AvgIpc) is 2.39. The molecule has 0 aromatic rings. The van der Waals surface area contributed by atoms with Crippen molar-refractivity contribution in [2.45, 2.75) is 39.5 Å². The van der Waals surface area contributed by atoms with Gasteiger partial charge in [-0.15, -0.1) is 0 Å². The van der Waals surface area contributed by atoms with Gasteiger partial charge in [-0.2, -0.15) is 0 Å². The molecule has 1 rings (SSSR count). The van der Waals surface area contributed by atoms with E-state index in [2.05, 4.69) is 18.7 Å². The summed E-state index contributed by atoms with van der Waals surface area (Å²) in [5.74, 6) is -0.754. The standard InChI is InChI=1S/C14H26N2O3/c1-3-7-16(8-4-2)13(17)11-15-9-5-12(6-10-15)14(18)19/h12H,3-11H2,1-2H3,(H,18,19). The molecule has 0 atom stereocenters. The predicted molar refractivity (Wildman–Crippen MR) is 74.0 cm³/mol. The molecule has 1 aliphatic rings. The first-order valence-corrected chi connectivity index (χ1v) is 7.31. The number of amides is 1. The average molecular weight is 270 g/mol. The lowest BCUT2D eigenvalue weighted by Gasteiger charge is -2.31. The maximum Gasteiger partial charge on any atom is 0.306 e. The minimum atomic E-state index is -0.704. The maximum absolute atomic E-state index is 12.2. The normalized spacial score (nSPS) is 17.4. The number of nitrogens with zero attached hydrogens (tertiary/aromatic N) is 2. The second kappa shape index (κ2) is 8.15. The molecule has 0 aromatic heterocycles. The molecule has 1 amide bonds. The summed E-state index contributed by atoms with van der Waals surface area (Å²) in [5, 5.41) is 8.94. The Bertz CT molecular complexity index is 293. The van der Waals surface area contributed by atoms with Gasteiger partial charge in [0.2, 0.25) is 5.91 Å². The molecular weight excluding hydrogens is 244 g/mol. The number of likely N-dealkylation sites (tertiary alicyclic amines) is 1. The number of carboxylic acids is 1. The summed E-state index contributed by atoms with van der Waals surface area (Å²) in [5.41, 5.74) is 0. The summed E-state index contributed by atoms with van der Waals surface area (Å²) in [6, 6.07) is 0. The lowest BCUT2D eigenvalue weighted by molar-refractivity contribution is -0.143. The Morgan fingerprint density at radius 1 is 1.16 bits per heavy atom. The molecular formula is C14H26N2O3. The summed E-state index contributed by atoms with van der Waals surface area (Å²) in [6.07, 6.45) is 3.27. The number of aliphatic carboxylic acids is 1. The van der Waals surface area contributed by atoms with E-state index in [1.165, 1.54) is 0 Å². The van der Waals surface area contributed by atoms with Crippen LogP contribution in [0.2, 0.25) is 0 Å². The van der Waals surface area contributed by atoms with E-state index in [1.54, 1.807) is 0 Å². The van der Waals surface area contributed by atoms with Crippen molar-refractivity contribution in [1.29, 1.82) is 0 Å². The number of rotatable bonds is 7. The van der Waals surface area contributed by atoms with Crippen LogP contribution in [0.4, 0.5) is 0 Å². The summed E-state index contributed by atoms with van der Waals surface area (Å²) < 4.78 is 0. The first-order chi connectivity index (χ1) is 9.08. The Morgan fingerprint density at radius 3 is 2.11 bits per heavy atom. The van der Waals surface area contributed by atoms with Crippen LogP contribution in [0.15, 0.2) is 0 Å². The zero-order chi connectivity index (χ0) is 14.3. The maximum atomic E-state index is 12.2. The summed E-state index contributed by atoms with van der Waals surface area (Å²) >= 11 is 0. The van der Waals surface area contributed by atoms with E-state index in [4.69, 9.17) is 5.11 Å². The minimum Gasteiger partial charge on any atom is -0.481 e. The van der Waals surface area contributed by atoms with Crippen molar-refractivity contribution in [3.8, 4) is 0 Å². The van der Waals surface area contributed by atoms with Crippen LogP contribution in [0, 0.1) is 5.92 Å². The van der Waals surface area contributed by atoms with Gasteiger partial charge in [0.15, 0.2) is 0 Å². The molecule has 0 saturated carbocycles. The Kier molecular flexibility index (Phi) is 6.84. The third-order valence-corrected chi connectivity index (χ3v) is 3.64. The van der Waals surface area contributed by atoms with Crippen LogP contribution >= 0.6 is 0 Å². The van der Waals surface area contributed by atoms with Gasteiger partial charge in [-0.25, -0.2) is 0 Å². The SMILES string of the molecule is CCCN(CCC)C(=O)CN1CCC(C(=O)O)CC1. The molecule has 5 heteroatoms. The number of carbonyl (C=O) groups is 2. The van der Waals surface area contributed by atoms with E-state index in [0.29, 0.717) is 19.4 Å². The highest BCUT2D eigenvalue weighted by Gasteiger charge is 2.26. The molecule has 0 aromatic carbocycles. The topological polar surface area (TPSA) is 60.9 Å². The van der Waals surface area contributed by atoms with Gasteiger partial charge in [0.25, 0.3) is 0 Å². The lowest BCUT2D eigenvalue weighted by atomic mass is 9.97. The molecule has 1 aliphatic heterocycles. The third-order valence-electron chi connectivity index (χ3n) is 3.64. The third kappa shape index (κ3) is 5.19. The first-order valence-electron chi connectivity index (χ1n) is 7.31. The van der Waals surface area contributed by atoms with Crippen molar-refractivity contribution in [3.05, 3.63) is 0 Å². The van der Waals surface area contributed by atoms with Crippen molar-refractivity contribution in [2.24, 2.45) is 5.92 Å². The molecule has 0 spiro atoms. The van der Waals surface area contributed by atoms with E-state index >= 15 is 0 Å². The van der Waals surface area contributed by atoms with Gasteiger partial charge in [-0.3, -0.25) is 14.5 Å². The van der Waals surface area contributed by atoms with Crippen molar-refractivity contribution >= 4 is 11.9 Å². The molecule has 0 unspecified atom stereocenters. The van der Waals surface area contributed by atoms with Crippen molar-refractivity contribution in [2.75, 3.05) is 32.7 Å². The van der Waals surface area contributed by atoms with Crippen molar-refractivity contribution < 1.29 is 14.7 Å². The second-order valence-corrected chi connectivity index (χ2v) is 5.27. The molecule has 1 saturated heterocycles. The largest absolute Gasteiger partial charge is 0.481 e. The smallest absolute Gasteiger partial charge is 0.306 e. The first kappa shape index (κ1) is 16.0. The predicted octanol–water partition coefficient (Wildman–Crippen LogP) is 1.43.